The number of rotatable bonds is 5. The van der Waals surface area contributed by atoms with Gasteiger partial charge in [-0.15, -0.1) is 0 Å². The van der Waals surface area contributed by atoms with E-state index in [9.17, 15) is 8.42 Å². The van der Waals surface area contributed by atoms with Crippen molar-refractivity contribution in [2.24, 2.45) is 0 Å². The molecule has 5 heteroatoms. The molecule has 0 saturated carbocycles. The first-order valence-electron chi connectivity index (χ1n) is 5.30. The van der Waals surface area contributed by atoms with Gasteiger partial charge in [-0.05, 0) is 31.0 Å². The molecule has 3 nitrogen and oxygen atoms in total. The minimum Gasteiger partial charge on any atom is -0.497 e. The van der Waals surface area contributed by atoms with Crippen molar-refractivity contribution in [3.8, 4) is 5.75 Å². The second-order valence-corrected chi connectivity index (χ2v) is 7.68. The lowest BCUT2D eigenvalue weighted by atomic mass is 10.1. The third-order valence-electron chi connectivity index (χ3n) is 2.77. The molecule has 0 aliphatic carbocycles. The van der Waals surface area contributed by atoms with Crippen molar-refractivity contribution in [3.05, 3.63) is 29.8 Å². The van der Waals surface area contributed by atoms with E-state index in [0.29, 0.717) is 6.42 Å². The molecular weight excluding hydrogens is 304 g/mol. The van der Waals surface area contributed by atoms with E-state index < -0.39 is 15.1 Å². The lowest BCUT2D eigenvalue weighted by Gasteiger charge is -2.16. The van der Waals surface area contributed by atoms with Gasteiger partial charge in [0.25, 0.3) is 0 Å². The van der Waals surface area contributed by atoms with Crippen molar-refractivity contribution in [2.75, 3.05) is 13.4 Å². The normalized spacial score (nSPS) is 15.3. The van der Waals surface area contributed by atoms with Crippen molar-refractivity contribution in [2.45, 2.75) is 23.4 Å². The molecule has 0 aliphatic rings. The number of alkyl halides is 1. The van der Waals surface area contributed by atoms with Gasteiger partial charge in [0.1, 0.15) is 5.75 Å². The van der Waals surface area contributed by atoms with Gasteiger partial charge in [-0.2, -0.15) is 0 Å². The average molecular weight is 321 g/mol. The molecule has 1 aromatic rings. The molecule has 0 amide bonds. The summed E-state index contributed by atoms with van der Waals surface area (Å²) < 4.78 is 27.9. The summed E-state index contributed by atoms with van der Waals surface area (Å²) in [7, 11) is -1.39. The van der Waals surface area contributed by atoms with Gasteiger partial charge in [-0.25, -0.2) is 8.42 Å². The van der Waals surface area contributed by atoms with E-state index in [0.717, 1.165) is 11.3 Å². The number of halogens is 1. The molecule has 1 rings (SSSR count). The van der Waals surface area contributed by atoms with Crippen LogP contribution >= 0.6 is 15.9 Å². The van der Waals surface area contributed by atoms with E-state index in [2.05, 4.69) is 15.9 Å². The van der Waals surface area contributed by atoms with Crippen molar-refractivity contribution < 1.29 is 13.2 Å². The Hall–Kier alpha value is -0.550. The predicted molar refractivity (Wildman–Crippen MR) is 73.7 cm³/mol. The van der Waals surface area contributed by atoms with Crippen LogP contribution in [-0.2, 0) is 16.3 Å². The predicted octanol–water partition coefficient (Wildman–Crippen LogP) is 2.43. The van der Waals surface area contributed by atoms with Gasteiger partial charge in [0.05, 0.1) is 12.4 Å². The summed E-state index contributed by atoms with van der Waals surface area (Å²) in [4.78, 5) is -0.0779. The van der Waals surface area contributed by atoms with E-state index >= 15 is 0 Å². The molecule has 0 radical (unpaired) electrons. The fourth-order valence-electron chi connectivity index (χ4n) is 1.42. The summed E-state index contributed by atoms with van der Waals surface area (Å²) >= 11 is 3.44. The zero-order chi connectivity index (χ0) is 13.1. The molecule has 0 aromatic heterocycles. The number of hydrogen-bond acceptors (Lipinski definition) is 3. The molecule has 0 heterocycles. The van der Waals surface area contributed by atoms with Gasteiger partial charge in [0.15, 0.2) is 9.84 Å². The monoisotopic (exact) mass is 320 g/mol. The summed E-state index contributed by atoms with van der Waals surface area (Å²) in [6.45, 7) is 1.72. The van der Waals surface area contributed by atoms with Gasteiger partial charge < -0.3 is 4.74 Å². The second kappa shape index (κ2) is 5.87. The molecule has 0 fully saturated rings. The van der Waals surface area contributed by atoms with Crippen LogP contribution in [0.15, 0.2) is 24.3 Å². The van der Waals surface area contributed by atoms with Gasteiger partial charge in [-0.1, -0.05) is 28.1 Å². The number of benzene rings is 1. The first-order valence-corrected chi connectivity index (χ1v) is 8.17. The van der Waals surface area contributed by atoms with Crippen LogP contribution < -0.4 is 4.74 Å². The molecule has 0 saturated heterocycles. The highest BCUT2D eigenvalue weighted by Crippen LogP contribution is 2.20. The van der Waals surface area contributed by atoms with Crippen molar-refractivity contribution >= 4 is 25.8 Å². The van der Waals surface area contributed by atoms with Gasteiger partial charge in [-0.3, -0.25) is 0 Å². The molecule has 96 valence electrons. The van der Waals surface area contributed by atoms with Crippen molar-refractivity contribution in [1.82, 2.24) is 0 Å². The summed E-state index contributed by atoms with van der Waals surface area (Å²) in [5.41, 5.74) is 1.09. The molecule has 1 aromatic carbocycles. The Morgan fingerprint density at radius 3 is 2.24 bits per heavy atom. The maximum absolute atomic E-state index is 11.4. The van der Waals surface area contributed by atoms with Crippen LogP contribution in [0.5, 0.6) is 5.75 Å². The van der Waals surface area contributed by atoms with Gasteiger partial charge in [0, 0.05) is 11.1 Å². The minimum atomic E-state index is -3.01. The third-order valence-corrected chi connectivity index (χ3v) is 5.92. The highest BCUT2D eigenvalue weighted by molar-refractivity contribution is 9.09. The van der Waals surface area contributed by atoms with Crippen LogP contribution in [0.3, 0.4) is 0 Å². The molecular formula is C12H17BrO3S. The average Bonchev–Trinajstić information content (AvgIpc) is 2.27. The quantitative estimate of drug-likeness (QED) is 0.783. The highest BCUT2D eigenvalue weighted by Gasteiger charge is 2.23. The molecule has 0 aliphatic heterocycles. The fourth-order valence-corrected chi connectivity index (χ4v) is 3.60. The molecule has 0 N–H and O–H groups in total. The SMILES string of the molecule is COc1ccc(CC(Br)C(C)S(C)(=O)=O)cc1. The van der Waals surface area contributed by atoms with Crippen LogP contribution in [0.4, 0.5) is 0 Å². The maximum atomic E-state index is 11.4. The largest absolute Gasteiger partial charge is 0.497 e. The van der Waals surface area contributed by atoms with Gasteiger partial charge >= 0.3 is 0 Å². The van der Waals surface area contributed by atoms with Crippen LogP contribution in [0.25, 0.3) is 0 Å². The highest BCUT2D eigenvalue weighted by atomic mass is 79.9. The Balaban J connectivity index is 2.71. The Labute approximate surface area is 111 Å². The van der Waals surface area contributed by atoms with E-state index in [4.69, 9.17) is 4.74 Å². The summed E-state index contributed by atoms with van der Waals surface area (Å²) in [5.74, 6) is 0.802. The van der Waals surface area contributed by atoms with E-state index in [1.165, 1.54) is 6.26 Å². The van der Waals surface area contributed by atoms with E-state index in [1.54, 1.807) is 14.0 Å². The zero-order valence-electron chi connectivity index (χ0n) is 10.2. The molecule has 17 heavy (non-hydrogen) atoms. The topological polar surface area (TPSA) is 43.4 Å². The lowest BCUT2D eigenvalue weighted by molar-refractivity contribution is 0.414. The smallest absolute Gasteiger partial charge is 0.151 e. The molecule has 0 spiro atoms. The summed E-state index contributed by atoms with van der Waals surface area (Å²) in [6, 6.07) is 7.64. The first kappa shape index (κ1) is 14.5. The fraction of sp³-hybridized carbons (Fsp3) is 0.500. The van der Waals surface area contributed by atoms with Crippen LogP contribution in [0, 0.1) is 0 Å². The molecule has 2 atom stereocenters. The van der Waals surface area contributed by atoms with Crippen LogP contribution in [0.2, 0.25) is 0 Å². The Kier molecular flexibility index (Phi) is 5.01. The third kappa shape index (κ3) is 4.32. The summed E-state index contributed by atoms with van der Waals surface area (Å²) in [5, 5.41) is -0.399. The van der Waals surface area contributed by atoms with Crippen molar-refractivity contribution in [1.29, 1.82) is 0 Å². The van der Waals surface area contributed by atoms with Crippen LogP contribution in [0.1, 0.15) is 12.5 Å². The van der Waals surface area contributed by atoms with E-state index in [1.807, 2.05) is 24.3 Å². The number of ether oxygens (including phenoxy) is 1. The van der Waals surface area contributed by atoms with Crippen molar-refractivity contribution in [3.63, 3.8) is 0 Å². The van der Waals surface area contributed by atoms with Gasteiger partial charge in [0.2, 0.25) is 0 Å². The first-order chi connectivity index (χ1) is 7.84. The van der Waals surface area contributed by atoms with E-state index in [-0.39, 0.29) is 4.83 Å². The summed E-state index contributed by atoms with van der Waals surface area (Å²) in [6.07, 6.45) is 1.94. The Bertz CT molecular complexity index is 453. The number of sulfone groups is 1. The second-order valence-electron chi connectivity index (χ2n) is 4.10. The number of hydrogen-bond donors (Lipinski definition) is 0. The number of methoxy groups -OCH3 is 1. The maximum Gasteiger partial charge on any atom is 0.151 e. The molecule has 2 unspecified atom stereocenters. The standard InChI is InChI=1S/C12H17BrO3S/c1-9(17(3,14)15)12(13)8-10-4-6-11(16-2)7-5-10/h4-7,9,12H,8H2,1-3H3. The minimum absolute atomic E-state index is 0.0779. The van der Waals surface area contributed by atoms with Crippen LogP contribution in [-0.4, -0.2) is 31.9 Å². The lowest BCUT2D eigenvalue weighted by Crippen LogP contribution is -2.27. The molecule has 0 bridgehead atoms. The Morgan fingerprint density at radius 2 is 1.82 bits per heavy atom. The zero-order valence-corrected chi connectivity index (χ0v) is 12.6. The Morgan fingerprint density at radius 1 is 1.29 bits per heavy atom.